The molecule has 112 valence electrons. The van der Waals surface area contributed by atoms with E-state index < -0.39 is 5.54 Å². The Morgan fingerprint density at radius 3 is 2.70 bits per heavy atom. The van der Waals surface area contributed by atoms with Gasteiger partial charge in [0, 0.05) is 5.69 Å². The summed E-state index contributed by atoms with van der Waals surface area (Å²) in [5, 5.41) is 4.22. The van der Waals surface area contributed by atoms with E-state index in [4.69, 9.17) is 5.73 Å². The molecule has 1 aromatic heterocycles. The molecule has 4 nitrogen and oxygen atoms in total. The third-order valence-corrected chi connectivity index (χ3v) is 4.25. The molecule has 0 aliphatic rings. The molecule has 5 heteroatoms. The fourth-order valence-corrected chi connectivity index (χ4v) is 3.15. The van der Waals surface area contributed by atoms with Crippen LogP contribution in [-0.4, -0.2) is 28.7 Å². The number of aromatic nitrogens is 1. The van der Waals surface area contributed by atoms with Gasteiger partial charge in [-0.15, -0.1) is 11.8 Å². The molecule has 3 N–H and O–H groups in total. The van der Waals surface area contributed by atoms with Crippen molar-refractivity contribution in [2.75, 3.05) is 12.3 Å². The zero-order chi connectivity index (χ0) is 15.2. The predicted octanol–water partition coefficient (Wildman–Crippen LogP) is 2.42. The minimum Gasteiger partial charge on any atom is -0.368 e. The highest BCUT2D eigenvalue weighted by atomic mass is 32.2. The molecule has 20 heavy (non-hydrogen) atoms. The number of carbonyl (C=O) groups excluding carboxylic acids is 1. The Hall–Kier alpha value is -1.07. The number of likely N-dealkylation sites (N-methyl/N-ethyl adjacent to an activating group) is 1. The average Bonchev–Trinajstić information content (AvgIpc) is 2.33. The molecule has 0 saturated carbocycles. The van der Waals surface area contributed by atoms with Gasteiger partial charge in [0.05, 0.1) is 10.6 Å². The lowest BCUT2D eigenvalue weighted by Gasteiger charge is -2.26. The first-order chi connectivity index (χ1) is 9.37. The van der Waals surface area contributed by atoms with Crippen LogP contribution in [0.2, 0.25) is 0 Å². The molecule has 1 unspecified atom stereocenters. The van der Waals surface area contributed by atoms with Crippen LogP contribution in [0.4, 0.5) is 0 Å². The number of nitrogens with one attached hydrogen (secondary N) is 1. The van der Waals surface area contributed by atoms with E-state index in [9.17, 15) is 4.79 Å². The predicted molar refractivity (Wildman–Crippen MR) is 84.9 cm³/mol. The number of amides is 1. The quantitative estimate of drug-likeness (QED) is 0.571. The molecule has 1 atom stereocenters. The summed E-state index contributed by atoms with van der Waals surface area (Å²) in [6, 6.07) is 4.16. The lowest BCUT2D eigenvalue weighted by molar-refractivity contribution is -0.124. The molecule has 0 bridgehead atoms. The lowest BCUT2D eigenvalue weighted by atomic mass is 9.95. The SMILES string of the molecule is CCNC(C)(CCCSc1cc(C)cc(C)n1)C(N)=O. The number of pyridine rings is 1. The van der Waals surface area contributed by atoms with Gasteiger partial charge in [-0.05, 0) is 63.6 Å². The summed E-state index contributed by atoms with van der Waals surface area (Å²) in [6.45, 7) is 8.68. The van der Waals surface area contributed by atoms with E-state index in [1.54, 1.807) is 11.8 Å². The molecule has 1 heterocycles. The van der Waals surface area contributed by atoms with Crippen molar-refractivity contribution in [1.82, 2.24) is 10.3 Å². The van der Waals surface area contributed by atoms with Crippen molar-refractivity contribution in [3.8, 4) is 0 Å². The van der Waals surface area contributed by atoms with Crippen molar-refractivity contribution in [1.29, 1.82) is 0 Å². The van der Waals surface area contributed by atoms with E-state index in [2.05, 4.69) is 29.4 Å². The number of nitrogens with two attached hydrogens (primary N) is 1. The summed E-state index contributed by atoms with van der Waals surface area (Å²) in [5.41, 5.74) is 7.14. The number of thioether (sulfide) groups is 1. The second kappa shape index (κ2) is 7.64. The van der Waals surface area contributed by atoms with E-state index >= 15 is 0 Å². The molecule has 0 radical (unpaired) electrons. The normalized spacial score (nSPS) is 14.0. The van der Waals surface area contributed by atoms with E-state index in [0.29, 0.717) is 0 Å². The number of carbonyl (C=O) groups is 1. The zero-order valence-corrected chi connectivity index (χ0v) is 13.6. The van der Waals surface area contributed by atoms with Gasteiger partial charge in [0.15, 0.2) is 0 Å². The van der Waals surface area contributed by atoms with Crippen LogP contribution in [0.5, 0.6) is 0 Å². The van der Waals surface area contributed by atoms with Gasteiger partial charge < -0.3 is 11.1 Å². The molecule has 1 amide bonds. The molecule has 0 spiro atoms. The Labute approximate surface area is 125 Å². The first-order valence-electron chi connectivity index (χ1n) is 7.00. The zero-order valence-electron chi connectivity index (χ0n) is 12.8. The van der Waals surface area contributed by atoms with Crippen molar-refractivity contribution < 1.29 is 4.79 Å². The maximum absolute atomic E-state index is 11.5. The maximum Gasteiger partial charge on any atom is 0.237 e. The van der Waals surface area contributed by atoms with Crippen LogP contribution in [-0.2, 0) is 4.79 Å². The van der Waals surface area contributed by atoms with Gasteiger partial charge in [0.2, 0.25) is 5.91 Å². The fraction of sp³-hybridized carbons (Fsp3) is 0.600. The standard InChI is InChI=1S/C15H25N3OS/c1-5-17-15(4,14(16)19)7-6-8-20-13-10-11(2)9-12(3)18-13/h9-10,17H,5-8H2,1-4H3,(H2,16,19). The smallest absolute Gasteiger partial charge is 0.237 e. The molecule has 0 aliphatic carbocycles. The lowest BCUT2D eigenvalue weighted by Crippen LogP contribution is -2.53. The number of aryl methyl sites for hydroxylation is 2. The first kappa shape index (κ1) is 17.0. The van der Waals surface area contributed by atoms with Gasteiger partial charge in [-0.25, -0.2) is 4.98 Å². The van der Waals surface area contributed by atoms with Gasteiger partial charge in [-0.2, -0.15) is 0 Å². The van der Waals surface area contributed by atoms with Gasteiger partial charge in [-0.3, -0.25) is 4.79 Å². The number of hydrogen-bond acceptors (Lipinski definition) is 4. The van der Waals surface area contributed by atoms with E-state index in [-0.39, 0.29) is 5.91 Å². The summed E-state index contributed by atoms with van der Waals surface area (Å²) >= 11 is 1.73. The fourth-order valence-electron chi connectivity index (χ4n) is 2.17. The van der Waals surface area contributed by atoms with E-state index in [1.165, 1.54) is 5.56 Å². The molecular formula is C15H25N3OS. The van der Waals surface area contributed by atoms with Crippen LogP contribution in [0.25, 0.3) is 0 Å². The van der Waals surface area contributed by atoms with Crippen LogP contribution in [0, 0.1) is 13.8 Å². The van der Waals surface area contributed by atoms with Crippen molar-refractivity contribution in [3.05, 3.63) is 23.4 Å². The van der Waals surface area contributed by atoms with Crippen molar-refractivity contribution in [3.63, 3.8) is 0 Å². The highest BCUT2D eigenvalue weighted by molar-refractivity contribution is 7.99. The average molecular weight is 295 g/mol. The van der Waals surface area contributed by atoms with Crippen LogP contribution in [0.1, 0.15) is 37.9 Å². The van der Waals surface area contributed by atoms with E-state index in [1.807, 2.05) is 20.8 Å². The minimum absolute atomic E-state index is 0.283. The number of rotatable bonds is 8. The van der Waals surface area contributed by atoms with Gasteiger partial charge in [0.1, 0.15) is 0 Å². The Morgan fingerprint density at radius 1 is 1.45 bits per heavy atom. The summed E-state index contributed by atoms with van der Waals surface area (Å²) in [6.07, 6.45) is 1.67. The Kier molecular flexibility index (Phi) is 6.49. The first-order valence-corrected chi connectivity index (χ1v) is 7.99. The molecule has 0 aliphatic heterocycles. The molecule has 0 saturated heterocycles. The molecule has 0 fully saturated rings. The van der Waals surface area contributed by atoms with Crippen molar-refractivity contribution in [2.24, 2.45) is 5.73 Å². The number of hydrogen-bond donors (Lipinski definition) is 2. The summed E-state index contributed by atoms with van der Waals surface area (Å²) in [5.74, 6) is 0.651. The molecule has 1 aromatic rings. The largest absolute Gasteiger partial charge is 0.368 e. The molecule has 0 aromatic carbocycles. The Bertz CT molecular complexity index is 444. The second-order valence-electron chi connectivity index (χ2n) is 5.30. The minimum atomic E-state index is -0.606. The van der Waals surface area contributed by atoms with Crippen LogP contribution in [0.15, 0.2) is 17.2 Å². The Balaban J connectivity index is 2.46. The van der Waals surface area contributed by atoms with Crippen molar-refractivity contribution in [2.45, 2.75) is 51.1 Å². The number of nitrogens with zero attached hydrogens (tertiary/aromatic N) is 1. The monoisotopic (exact) mass is 295 g/mol. The third kappa shape index (κ3) is 5.13. The summed E-state index contributed by atoms with van der Waals surface area (Å²) in [4.78, 5) is 16.0. The number of primary amides is 1. The van der Waals surface area contributed by atoms with E-state index in [0.717, 1.165) is 35.9 Å². The maximum atomic E-state index is 11.5. The molecular weight excluding hydrogens is 270 g/mol. The van der Waals surface area contributed by atoms with Gasteiger partial charge in [-0.1, -0.05) is 6.92 Å². The Morgan fingerprint density at radius 2 is 2.15 bits per heavy atom. The van der Waals surface area contributed by atoms with Gasteiger partial charge >= 0.3 is 0 Å². The summed E-state index contributed by atoms with van der Waals surface area (Å²) in [7, 11) is 0. The highest BCUT2D eigenvalue weighted by Gasteiger charge is 2.28. The van der Waals surface area contributed by atoms with Crippen molar-refractivity contribution >= 4 is 17.7 Å². The second-order valence-corrected chi connectivity index (χ2v) is 6.42. The summed E-state index contributed by atoms with van der Waals surface area (Å²) < 4.78 is 0. The molecule has 1 rings (SSSR count). The van der Waals surface area contributed by atoms with Crippen LogP contribution in [0.3, 0.4) is 0 Å². The topological polar surface area (TPSA) is 68.0 Å². The van der Waals surface area contributed by atoms with Crippen LogP contribution < -0.4 is 11.1 Å². The highest BCUT2D eigenvalue weighted by Crippen LogP contribution is 2.21. The third-order valence-electron chi connectivity index (χ3n) is 3.26. The van der Waals surface area contributed by atoms with Crippen LogP contribution >= 0.6 is 11.8 Å². The van der Waals surface area contributed by atoms with Gasteiger partial charge in [0.25, 0.3) is 0 Å².